The minimum atomic E-state index is -0.375. The molecule has 1 fully saturated rings. The Morgan fingerprint density at radius 1 is 1.38 bits per heavy atom. The van der Waals surface area contributed by atoms with Crippen LogP contribution in [0.1, 0.15) is 37.8 Å². The summed E-state index contributed by atoms with van der Waals surface area (Å²) in [5, 5.41) is 3.06. The SMILES string of the molecule is COc1ccc(OC)c(C(C)NC(=O)C2(CN)CCC2)c1. The zero-order chi connectivity index (χ0) is 15.5. The van der Waals surface area contributed by atoms with Gasteiger partial charge in [-0.3, -0.25) is 4.79 Å². The lowest BCUT2D eigenvalue weighted by Gasteiger charge is -2.40. The maximum Gasteiger partial charge on any atom is 0.227 e. The summed E-state index contributed by atoms with van der Waals surface area (Å²) in [6.45, 7) is 2.35. The van der Waals surface area contributed by atoms with Crippen molar-refractivity contribution in [3.8, 4) is 11.5 Å². The van der Waals surface area contributed by atoms with E-state index in [1.807, 2.05) is 25.1 Å². The Morgan fingerprint density at radius 2 is 2.10 bits per heavy atom. The number of rotatable bonds is 6. The minimum Gasteiger partial charge on any atom is -0.497 e. The summed E-state index contributed by atoms with van der Waals surface area (Å²) >= 11 is 0. The third-order valence-electron chi connectivity index (χ3n) is 4.43. The second kappa shape index (κ2) is 6.35. The summed E-state index contributed by atoms with van der Waals surface area (Å²) in [7, 11) is 3.24. The molecule has 1 aliphatic carbocycles. The molecule has 2 rings (SSSR count). The number of hydrogen-bond acceptors (Lipinski definition) is 4. The molecule has 0 saturated heterocycles. The van der Waals surface area contributed by atoms with Gasteiger partial charge in [0.15, 0.2) is 0 Å². The number of amides is 1. The standard InChI is InChI=1S/C16H24N2O3/c1-11(18-15(19)16(10-17)7-4-8-16)13-9-12(20-2)5-6-14(13)21-3/h5-6,9,11H,4,7-8,10,17H2,1-3H3,(H,18,19). The average molecular weight is 292 g/mol. The fourth-order valence-corrected chi connectivity index (χ4v) is 2.73. The van der Waals surface area contributed by atoms with Gasteiger partial charge in [-0.15, -0.1) is 0 Å². The number of carbonyl (C=O) groups is 1. The van der Waals surface area contributed by atoms with Crippen LogP contribution in [0.15, 0.2) is 18.2 Å². The summed E-state index contributed by atoms with van der Waals surface area (Å²) in [4.78, 5) is 12.5. The molecule has 0 heterocycles. The first-order chi connectivity index (χ1) is 10.1. The van der Waals surface area contributed by atoms with E-state index >= 15 is 0 Å². The maximum absolute atomic E-state index is 12.5. The normalized spacial score (nSPS) is 17.5. The first-order valence-corrected chi connectivity index (χ1v) is 7.29. The Labute approximate surface area is 125 Å². The molecule has 21 heavy (non-hydrogen) atoms. The lowest BCUT2D eigenvalue weighted by Crippen LogP contribution is -2.50. The van der Waals surface area contributed by atoms with Gasteiger partial charge in [-0.2, -0.15) is 0 Å². The Kier molecular flexibility index (Phi) is 4.73. The van der Waals surface area contributed by atoms with Crippen LogP contribution < -0.4 is 20.5 Å². The van der Waals surface area contributed by atoms with Gasteiger partial charge < -0.3 is 20.5 Å². The molecule has 1 aliphatic rings. The quantitative estimate of drug-likeness (QED) is 0.841. The highest BCUT2D eigenvalue weighted by Crippen LogP contribution is 2.41. The Hall–Kier alpha value is -1.75. The fraction of sp³-hybridized carbons (Fsp3) is 0.562. The van der Waals surface area contributed by atoms with Crippen molar-refractivity contribution in [3.05, 3.63) is 23.8 Å². The Morgan fingerprint density at radius 3 is 2.57 bits per heavy atom. The highest BCUT2D eigenvalue weighted by atomic mass is 16.5. The molecular formula is C16H24N2O3. The number of ether oxygens (including phenoxy) is 2. The molecule has 3 N–H and O–H groups in total. The van der Waals surface area contributed by atoms with Crippen molar-refractivity contribution in [2.24, 2.45) is 11.1 Å². The molecule has 0 aromatic heterocycles. The molecule has 1 atom stereocenters. The van der Waals surface area contributed by atoms with E-state index in [0.717, 1.165) is 36.3 Å². The van der Waals surface area contributed by atoms with E-state index < -0.39 is 0 Å². The summed E-state index contributed by atoms with van der Waals surface area (Å²) < 4.78 is 10.6. The molecule has 0 bridgehead atoms. The van der Waals surface area contributed by atoms with Gasteiger partial charge in [0.25, 0.3) is 0 Å². The smallest absolute Gasteiger partial charge is 0.227 e. The molecule has 5 nitrogen and oxygen atoms in total. The minimum absolute atomic E-state index is 0.0358. The van der Waals surface area contributed by atoms with E-state index in [1.165, 1.54) is 0 Å². The Bertz CT molecular complexity index is 507. The van der Waals surface area contributed by atoms with Gasteiger partial charge >= 0.3 is 0 Å². The van der Waals surface area contributed by atoms with Crippen LogP contribution in [-0.2, 0) is 4.79 Å². The van der Waals surface area contributed by atoms with Crippen molar-refractivity contribution in [1.29, 1.82) is 0 Å². The maximum atomic E-state index is 12.5. The van der Waals surface area contributed by atoms with Crippen molar-refractivity contribution in [3.63, 3.8) is 0 Å². The van der Waals surface area contributed by atoms with E-state index in [4.69, 9.17) is 15.2 Å². The van der Waals surface area contributed by atoms with E-state index in [-0.39, 0.29) is 17.4 Å². The van der Waals surface area contributed by atoms with Crippen LogP contribution in [0.4, 0.5) is 0 Å². The number of nitrogens with two attached hydrogens (primary N) is 1. The predicted molar refractivity (Wildman–Crippen MR) is 81.4 cm³/mol. The second-order valence-electron chi connectivity index (χ2n) is 5.64. The molecular weight excluding hydrogens is 268 g/mol. The van der Waals surface area contributed by atoms with E-state index in [1.54, 1.807) is 14.2 Å². The van der Waals surface area contributed by atoms with Gasteiger partial charge in [0.05, 0.1) is 25.7 Å². The summed E-state index contributed by atoms with van der Waals surface area (Å²) in [6, 6.07) is 5.41. The van der Waals surface area contributed by atoms with Crippen molar-refractivity contribution >= 4 is 5.91 Å². The lowest BCUT2D eigenvalue weighted by atomic mass is 9.68. The highest BCUT2D eigenvalue weighted by Gasteiger charge is 2.43. The van der Waals surface area contributed by atoms with E-state index in [0.29, 0.717) is 6.54 Å². The molecule has 1 unspecified atom stereocenters. The zero-order valence-corrected chi connectivity index (χ0v) is 12.9. The molecule has 0 spiro atoms. The summed E-state index contributed by atoms with van der Waals surface area (Å²) in [5.41, 5.74) is 6.31. The number of methoxy groups -OCH3 is 2. The average Bonchev–Trinajstić information content (AvgIpc) is 2.45. The largest absolute Gasteiger partial charge is 0.497 e. The fourth-order valence-electron chi connectivity index (χ4n) is 2.73. The lowest BCUT2D eigenvalue weighted by molar-refractivity contribution is -0.135. The van der Waals surface area contributed by atoms with Gasteiger partial charge in [0.2, 0.25) is 5.91 Å². The third-order valence-corrected chi connectivity index (χ3v) is 4.43. The predicted octanol–water partition coefficient (Wildman–Crippen LogP) is 2.01. The van der Waals surface area contributed by atoms with Crippen molar-refractivity contribution in [2.45, 2.75) is 32.2 Å². The number of carbonyl (C=O) groups excluding carboxylic acids is 1. The van der Waals surface area contributed by atoms with Crippen LogP contribution in [0, 0.1) is 5.41 Å². The zero-order valence-electron chi connectivity index (χ0n) is 12.9. The number of benzene rings is 1. The van der Waals surface area contributed by atoms with Crippen LogP contribution in [-0.4, -0.2) is 26.7 Å². The second-order valence-corrected chi connectivity index (χ2v) is 5.64. The molecule has 0 aliphatic heterocycles. The van der Waals surface area contributed by atoms with Crippen LogP contribution in [0.25, 0.3) is 0 Å². The third kappa shape index (κ3) is 2.97. The van der Waals surface area contributed by atoms with Gasteiger partial charge in [0, 0.05) is 12.1 Å². The first-order valence-electron chi connectivity index (χ1n) is 7.29. The van der Waals surface area contributed by atoms with Gasteiger partial charge in [0.1, 0.15) is 11.5 Å². The van der Waals surface area contributed by atoms with Gasteiger partial charge in [-0.05, 0) is 38.0 Å². The highest BCUT2D eigenvalue weighted by molar-refractivity contribution is 5.84. The van der Waals surface area contributed by atoms with Gasteiger partial charge in [-0.25, -0.2) is 0 Å². The van der Waals surface area contributed by atoms with Crippen molar-refractivity contribution < 1.29 is 14.3 Å². The van der Waals surface area contributed by atoms with Crippen LogP contribution in [0.3, 0.4) is 0 Å². The molecule has 1 aromatic rings. The van der Waals surface area contributed by atoms with E-state index in [9.17, 15) is 4.79 Å². The van der Waals surface area contributed by atoms with Gasteiger partial charge in [-0.1, -0.05) is 6.42 Å². The number of nitrogens with one attached hydrogen (secondary N) is 1. The molecule has 1 aromatic carbocycles. The van der Waals surface area contributed by atoms with Crippen LogP contribution >= 0.6 is 0 Å². The summed E-state index contributed by atoms with van der Waals surface area (Å²) in [6.07, 6.45) is 2.82. The molecule has 116 valence electrons. The monoisotopic (exact) mass is 292 g/mol. The first kappa shape index (κ1) is 15.6. The van der Waals surface area contributed by atoms with Crippen LogP contribution in [0.2, 0.25) is 0 Å². The van der Waals surface area contributed by atoms with Crippen molar-refractivity contribution in [2.75, 3.05) is 20.8 Å². The Balaban J connectivity index is 2.16. The van der Waals surface area contributed by atoms with E-state index in [2.05, 4.69) is 5.32 Å². The molecule has 5 heteroatoms. The summed E-state index contributed by atoms with van der Waals surface area (Å²) in [5.74, 6) is 1.51. The molecule has 1 amide bonds. The topological polar surface area (TPSA) is 73.6 Å². The molecule has 1 saturated carbocycles. The number of hydrogen-bond donors (Lipinski definition) is 2. The molecule has 0 radical (unpaired) electrons. The van der Waals surface area contributed by atoms with Crippen LogP contribution in [0.5, 0.6) is 11.5 Å². The van der Waals surface area contributed by atoms with Crippen molar-refractivity contribution in [1.82, 2.24) is 5.32 Å².